The summed E-state index contributed by atoms with van der Waals surface area (Å²) in [4.78, 5) is 24.7. The third kappa shape index (κ3) is 6.13. The van der Waals surface area contributed by atoms with Gasteiger partial charge in [-0.2, -0.15) is 0 Å². The summed E-state index contributed by atoms with van der Waals surface area (Å²) in [6, 6.07) is 12.9. The monoisotopic (exact) mass is 437 g/mol. The number of ether oxygens (including phenoxy) is 3. The molecule has 0 atom stereocenters. The van der Waals surface area contributed by atoms with Gasteiger partial charge in [0.1, 0.15) is 11.5 Å². The van der Waals surface area contributed by atoms with Crippen molar-refractivity contribution in [2.24, 2.45) is 0 Å². The molecule has 0 fully saturated rings. The fourth-order valence-corrected chi connectivity index (χ4v) is 3.99. The van der Waals surface area contributed by atoms with Crippen molar-refractivity contribution < 1.29 is 23.8 Å². The average Bonchev–Trinajstić information content (AvgIpc) is 3.07. The maximum atomic E-state index is 13.1. The van der Waals surface area contributed by atoms with Crippen LogP contribution in [-0.4, -0.2) is 33.2 Å². The smallest absolute Gasteiger partial charge is 0.337 e. The van der Waals surface area contributed by atoms with Crippen molar-refractivity contribution in [3.8, 4) is 11.5 Å². The van der Waals surface area contributed by atoms with Crippen LogP contribution in [0.1, 0.15) is 53.6 Å². The van der Waals surface area contributed by atoms with Gasteiger partial charge in [0.2, 0.25) is 5.91 Å². The lowest BCUT2D eigenvalue weighted by atomic mass is 9.95. The summed E-state index contributed by atoms with van der Waals surface area (Å²) in [5, 5.41) is 3.06. The lowest BCUT2D eigenvalue weighted by Crippen LogP contribution is -2.25. The van der Waals surface area contributed by atoms with Crippen LogP contribution in [0.5, 0.6) is 11.5 Å². The fraction of sp³-hybridized carbons (Fsp3) is 0.385. The third-order valence-corrected chi connectivity index (χ3v) is 5.76. The molecule has 1 N–H and O–H groups in total. The lowest BCUT2D eigenvalue weighted by molar-refractivity contribution is -0.117. The second-order valence-electron chi connectivity index (χ2n) is 7.91. The average molecular weight is 438 g/mol. The Kier molecular flexibility index (Phi) is 8.31. The van der Waals surface area contributed by atoms with E-state index in [4.69, 9.17) is 14.2 Å². The van der Waals surface area contributed by atoms with Gasteiger partial charge >= 0.3 is 5.97 Å². The first kappa shape index (κ1) is 23.4. The Morgan fingerprint density at radius 2 is 1.50 bits per heavy atom. The molecule has 6 heteroatoms. The molecule has 170 valence electrons. The molecule has 0 radical (unpaired) electrons. The standard InChI is InChI=1S/C26H31NO5/c1-30-22-14-19(15-23(16-22)31-2)13-21-7-5-4-6-8-24(21)25(28)27-17-18-9-11-20(12-10-18)26(29)32-3/h9-12,14-16H,4-8,13,17H2,1-3H3,(H,27,28). The van der Waals surface area contributed by atoms with E-state index in [2.05, 4.69) is 5.32 Å². The molecule has 2 aromatic carbocycles. The molecule has 0 bridgehead atoms. The second-order valence-corrected chi connectivity index (χ2v) is 7.91. The van der Waals surface area contributed by atoms with Crippen molar-refractivity contribution >= 4 is 11.9 Å². The number of rotatable bonds is 8. The SMILES string of the molecule is COC(=O)c1ccc(CNC(=O)C2=C(Cc3cc(OC)cc(OC)c3)CCCCC2)cc1. The highest BCUT2D eigenvalue weighted by Gasteiger charge is 2.19. The largest absolute Gasteiger partial charge is 0.497 e. The number of carbonyl (C=O) groups excluding carboxylic acids is 2. The highest BCUT2D eigenvalue weighted by molar-refractivity contribution is 5.94. The molecule has 32 heavy (non-hydrogen) atoms. The lowest BCUT2D eigenvalue weighted by Gasteiger charge is -2.15. The van der Waals surface area contributed by atoms with E-state index < -0.39 is 0 Å². The van der Waals surface area contributed by atoms with Crippen molar-refractivity contribution in [3.63, 3.8) is 0 Å². The van der Waals surface area contributed by atoms with E-state index in [1.54, 1.807) is 26.4 Å². The van der Waals surface area contributed by atoms with Gasteiger partial charge in [0, 0.05) is 18.2 Å². The molecule has 1 amide bonds. The summed E-state index contributed by atoms with van der Waals surface area (Å²) < 4.78 is 15.5. The molecule has 2 aromatic rings. The first-order chi connectivity index (χ1) is 15.5. The zero-order chi connectivity index (χ0) is 22.9. The predicted octanol–water partition coefficient (Wildman–Crippen LogP) is 4.61. The number of benzene rings is 2. The molecule has 1 aliphatic carbocycles. The number of nitrogens with one attached hydrogen (secondary N) is 1. The van der Waals surface area contributed by atoms with E-state index in [-0.39, 0.29) is 11.9 Å². The van der Waals surface area contributed by atoms with Crippen molar-refractivity contribution in [2.75, 3.05) is 21.3 Å². The molecular formula is C26H31NO5. The number of allylic oxidation sites excluding steroid dienone is 1. The van der Waals surface area contributed by atoms with Crippen molar-refractivity contribution in [1.29, 1.82) is 0 Å². The maximum Gasteiger partial charge on any atom is 0.337 e. The highest BCUT2D eigenvalue weighted by Crippen LogP contribution is 2.30. The summed E-state index contributed by atoms with van der Waals surface area (Å²) in [7, 11) is 4.64. The van der Waals surface area contributed by atoms with Crippen LogP contribution in [0.3, 0.4) is 0 Å². The van der Waals surface area contributed by atoms with Crippen molar-refractivity contribution in [3.05, 3.63) is 70.3 Å². The normalized spacial score (nSPS) is 13.8. The van der Waals surface area contributed by atoms with Gasteiger partial charge in [0.15, 0.2) is 0 Å². The number of carbonyl (C=O) groups is 2. The zero-order valence-electron chi connectivity index (χ0n) is 19.0. The molecule has 0 aromatic heterocycles. The number of esters is 1. The summed E-state index contributed by atoms with van der Waals surface area (Å²) in [6.45, 7) is 0.407. The first-order valence-corrected chi connectivity index (χ1v) is 10.9. The number of hydrogen-bond acceptors (Lipinski definition) is 5. The van der Waals surface area contributed by atoms with Gasteiger partial charge in [-0.05, 0) is 67.5 Å². The van der Waals surface area contributed by atoms with E-state index >= 15 is 0 Å². The maximum absolute atomic E-state index is 13.1. The molecule has 6 nitrogen and oxygen atoms in total. The molecule has 0 aliphatic heterocycles. The molecule has 0 unspecified atom stereocenters. The van der Waals surface area contributed by atoms with Crippen molar-refractivity contribution in [2.45, 2.75) is 45.1 Å². The summed E-state index contributed by atoms with van der Waals surface area (Å²) in [6.07, 6.45) is 5.62. The Bertz CT molecular complexity index is 956. The van der Waals surface area contributed by atoms with E-state index in [0.717, 1.165) is 60.3 Å². The van der Waals surface area contributed by atoms with Gasteiger partial charge in [0.25, 0.3) is 0 Å². The van der Waals surface area contributed by atoms with Crippen LogP contribution < -0.4 is 14.8 Å². The molecule has 3 rings (SSSR count). The topological polar surface area (TPSA) is 73.9 Å². The summed E-state index contributed by atoms with van der Waals surface area (Å²) in [5.41, 5.74) is 4.55. The number of amides is 1. The van der Waals surface area contributed by atoms with Gasteiger partial charge in [0.05, 0.1) is 26.9 Å². The summed E-state index contributed by atoms with van der Waals surface area (Å²) >= 11 is 0. The van der Waals surface area contributed by atoms with Crippen LogP contribution in [0.4, 0.5) is 0 Å². The number of hydrogen-bond donors (Lipinski definition) is 1. The molecule has 0 heterocycles. The minimum atomic E-state index is -0.372. The molecule has 0 saturated heterocycles. The Hall–Kier alpha value is -3.28. The van der Waals surface area contributed by atoms with Crippen LogP contribution in [-0.2, 0) is 22.5 Å². The molecule has 1 aliphatic rings. The molecular weight excluding hydrogens is 406 g/mol. The highest BCUT2D eigenvalue weighted by atomic mass is 16.5. The Morgan fingerprint density at radius 1 is 0.844 bits per heavy atom. The third-order valence-electron chi connectivity index (χ3n) is 5.76. The first-order valence-electron chi connectivity index (χ1n) is 10.9. The Morgan fingerprint density at radius 3 is 2.12 bits per heavy atom. The van der Waals surface area contributed by atoms with Gasteiger partial charge in [-0.25, -0.2) is 4.79 Å². The van der Waals surface area contributed by atoms with E-state index in [9.17, 15) is 9.59 Å². The van der Waals surface area contributed by atoms with E-state index in [1.165, 1.54) is 12.7 Å². The Labute approximate surface area is 189 Å². The zero-order valence-corrected chi connectivity index (χ0v) is 19.0. The van der Waals surface area contributed by atoms with Crippen molar-refractivity contribution in [1.82, 2.24) is 5.32 Å². The quantitative estimate of drug-likeness (QED) is 0.611. The predicted molar refractivity (Wildman–Crippen MR) is 123 cm³/mol. The van der Waals surface area contributed by atoms with Gasteiger partial charge in [-0.15, -0.1) is 0 Å². The van der Waals surface area contributed by atoms with Crippen LogP contribution in [0.15, 0.2) is 53.6 Å². The summed E-state index contributed by atoms with van der Waals surface area (Å²) in [5.74, 6) is 1.10. The minimum Gasteiger partial charge on any atom is -0.497 e. The fourth-order valence-electron chi connectivity index (χ4n) is 3.99. The molecule has 0 spiro atoms. The Balaban J connectivity index is 1.75. The second kappa shape index (κ2) is 11.4. The van der Waals surface area contributed by atoms with Crippen LogP contribution in [0.25, 0.3) is 0 Å². The minimum absolute atomic E-state index is 0.0196. The molecule has 0 saturated carbocycles. The number of methoxy groups -OCH3 is 3. The van der Waals surface area contributed by atoms with Crippen LogP contribution >= 0.6 is 0 Å². The van der Waals surface area contributed by atoms with E-state index in [0.29, 0.717) is 18.5 Å². The van der Waals surface area contributed by atoms with Gasteiger partial charge < -0.3 is 19.5 Å². The van der Waals surface area contributed by atoms with Gasteiger partial charge in [-0.1, -0.05) is 24.1 Å². The van der Waals surface area contributed by atoms with Crippen LogP contribution in [0.2, 0.25) is 0 Å². The van der Waals surface area contributed by atoms with Gasteiger partial charge in [-0.3, -0.25) is 4.79 Å². The van der Waals surface area contributed by atoms with Crippen LogP contribution in [0, 0.1) is 0 Å². The van der Waals surface area contributed by atoms with E-state index in [1.807, 2.05) is 30.3 Å².